The molecule has 0 saturated carbocycles. The molecule has 7 heteroatoms. The molecule has 0 fully saturated rings. The summed E-state index contributed by atoms with van der Waals surface area (Å²) in [5.41, 5.74) is 0.951. The molecule has 2 aromatic rings. The van der Waals surface area contributed by atoms with Gasteiger partial charge in [0.1, 0.15) is 6.29 Å². The van der Waals surface area contributed by atoms with Crippen LogP contribution in [0.1, 0.15) is 16.4 Å². The van der Waals surface area contributed by atoms with E-state index < -0.39 is 0 Å². The van der Waals surface area contributed by atoms with Gasteiger partial charge in [-0.2, -0.15) is 0 Å². The van der Waals surface area contributed by atoms with E-state index in [2.05, 4.69) is 4.98 Å². The predicted molar refractivity (Wildman–Crippen MR) is 86.6 cm³/mol. The Balaban J connectivity index is 2.12. The van der Waals surface area contributed by atoms with Crippen molar-refractivity contribution >= 4 is 29.4 Å². The van der Waals surface area contributed by atoms with Gasteiger partial charge in [-0.15, -0.1) is 11.8 Å². The maximum absolute atomic E-state index is 11.7. The number of hydrogen-bond donors (Lipinski definition) is 1. The summed E-state index contributed by atoms with van der Waals surface area (Å²) in [6, 6.07) is 5.63. The number of aromatic amines is 1. The Bertz CT molecular complexity index is 752. The number of methoxy groups -OCH3 is 2. The third kappa shape index (κ3) is 2.55. The molecular weight excluding hydrogens is 322 g/mol. The van der Waals surface area contributed by atoms with Crippen LogP contribution in [0.4, 0.5) is 0 Å². The number of H-pyrrole nitrogens is 1. The summed E-state index contributed by atoms with van der Waals surface area (Å²) in [5.74, 6) is 1.62. The highest BCUT2D eigenvalue weighted by Gasteiger charge is 2.34. The van der Waals surface area contributed by atoms with Crippen molar-refractivity contribution in [3.63, 3.8) is 0 Å². The molecule has 2 atom stereocenters. The van der Waals surface area contributed by atoms with Crippen LogP contribution in [0, 0.1) is 5.92 Å². The molecule has 0 unspecified atom stereocenters. The molecule has 1 aromatic heterocycles. The lowest BCUT2D eigenvalue weighted by Crippen LogP contribution is -2.21. The zero-order chi connectivity index (χ0) is 15.7. The van der Waals surface area contributed by atoms with Crippen molar-refractivity contribution in [2.75, 3.05) is 20.0 Å². The monoisotopic (exact) mass is 337 g/mol. The number of rotatable bonds is 4. The third-order valence-electron chi connectivity index (χ3n) is 3.71. The summed E-state index contributed by atoms with van der Waals surface area (Å²) in [6.45, 7) is 0. The molecule has 0 aliphatic carbocycles. The Morgan fingerprint density at radius 2 is 2.05 bits per heavy atom. The van der Waals surface area contributed by atoms with Crippen LogP contribution >= 0.6 is 23.1 Å². The van der Waals surface area contributed by atoms with Gasteiger partial charge in [0.25, 0.3) is 0 Å². The van der Waals surface area contributed by atoms with Crippen molar-refractivity contribution in [2.45, 2.75) is 10.9 Å². The first-order valence-corrected chi connectivity index (χ1v) is 8.51. The van der Waals surface area contributed by atoms with E-state index in [1.54, 1.807) is 14.2 Å². The fourth-order valence-corrected chi connectivity index (χ4v) is 5.04. The molecule has 1 N–H and O–H groups in total. The van der Waals surface area contributed by atoms with Gasteiger partial charge in [0.05, 0.1) is 19.2 Å². The lowest BCUT2D eigenvalue weighted by molar-refractivity contribution is -0.110. The number of thioether (sulfide) groups is 1. The van der Waals surface area contributed by atoms with E-state index in [-0.39, 0.29) is 16.7 Å². The number of aldehydes is 1. The molecule has 1 aliphatic heterocycles. The Hall–Kier alpha value is -1.73. The van der Waals surface area contributed by atoms with Crippen LogP contribution in [-0.2, 0) is 4.79 Å². The van der Waals surface area contributed by atoms with Crippen LogP contribution in [0.15, 0.2) is 28.0 Å². The Morgan fingerprint density at radius 1 is 1.27 bits per heavy atom. The van der Waals surface area contributed by atoms with Crippen LogP contribution < -0.4 is 14.3 Å². The van der Waals surface area contributed by atoms with Gasteiger partial charge in [-0.05, 0) is 17.7 Å². The van der Waals surface area contributed by atoms with Crippen molar-refractivity contribution in [1.82, 2.24) is 4.98 Å². The number of carbonyl (C=O) groups excluding carboxylic acids is 1. The van der Waals surface area contributed by atoms with Gasteiger partial charge in [0, 0.05) is 22.5 Å². The van der Waals surface area contributed by atoms with Gasteiger partial charge < -0.3 is 19.3 Å². The number of fused-ring (bicyclic) bond motifs is 1. The molecule has 5 nitrogen and oxygen atoms in total. The maximum atomic E-state index is 11.7. The van der Waals surface area contributed by atoms with Gasteiger partial charge in [0.2, 0.25) is 0 Å². The quantitative estimate of drug-likeness (QED) is 0.868. The predicted octanol–water partition coefficient (Wildman–Crippen LogP) is 2.51. The summed E-state index contributed by atoms with van der Waals surface area (Å²) in [6.07, 6.45) is 0.974. The zero-order valence-electron chi connectivity index (χ0n) is 12.1. The van der Waals surface area contributed by atoms with Gasteiger partial charge in [-0.25, -0.2) is 0 Å². The van der Waals surface area contributed by atoms with Gasteiger partial charge in [-0.3, -0.25) is 4.79 Å². The normalized spacial score (nSPS) is 20.3. The second-order valence-electron chi connectivity index (χ2n) is 4.91. The Labute approximate surface area is 135 Å². The lowest BCUT2D eigenvalue weighted by atomic mass is 9.86. The molecule has 0 spiro atoms. The van der Waals surface area contributed by atoms with Gasteiger partial charge in [0.15, 0.2) is 11.5 Å². The minimum atomic E-state index is -0.165. The smallest absolute Gasteiger partial charge is 0.305 e. The third-order valence-corrected chi connectivity index (χ3v) is 5.97. The van der Waals surface area contributed by atoms with Crippen molar-refractivity contribution in [1.29, 1.82) is 0 Å². The van der Waals surface area contributed by atoms with E-state index in [1.165, 1.54) is 23.1 Å². The largest absolute Gasteiger partial charge is 0.493 e. The van der Waals surface area contributed by atoms with Crippen molar-refractivity contribution in [3.05, 3.63) is 38.3 Å². The maximum Gasteiger partial charge on any atom is 0.305 e. The molecule has 0 radical (unpaired) electrons. The van der Waals surface area contributed by atoms with Crippen LogP contribution in [0.3, 0.4) is 0 Å². The molecule has 1 aromatic carbocycles. The highest BCUT2D eigenvalue weighted by Crippen LogP contribution is 2.45. The number of aromatic nitrogens is 1. The molecule has 0 saturated heterocycles. The van der Waals surface area contributed by atoms with E-state index in [9.17, 15) is 9.59 Å². The van der Waals surface area contributed by atoms with E-state index in [0.717, 1.165) is 21.8 Å². The minimum Gasteiger partial charge on any atom is -0.493 e. The highest BCUT2D eigenvalue weighted by molar-refractivity contribution is 7.99. The molecule has 0 bridgehead atoms. The standard InChI is InChI=1S/C15H15NO4S2/c1-19-10-4-3-8(5-11(10)20-2)12-9(6-17)7-21-14-13(12)22-15(18)16-14/h3-6,9,12H,7H2,1-2H3,(H,16,18)/t9-,12+/m1/s1. The fourth-order valence-electron chi connectivity index (χ4n) is 2.67. The first-order valence-electron chi connectivity index (χ1n) is 6.71. The van der Waals surface area contributed by atoms with Gasteiger partial charge >= 0.3 is 4.87 Å². The topological polar surface area (TPSA) is 68.4 Å². The van der Waals surface area contributed by atoms with E-state index >= 15 is 0 Å². The highest BCUT2D eigenvalue weighted by atomic mass is 32.2. The molecule has 1 aliphatic rings. The number of hydrogen-bond acceptors (Lipinski definition) is 6. The van der Waals surface area contributed by atoms with Crippen molar-refractivity contribution < 1.29 is 14.3 Å². The number of thiazole rings is 1. The van der Waals surface area contributed by atoms with E-state index in [1.807, 2.05) is 18.2 Å². The molecule has 0 amide bonds. The molecule has 2 heterocycles. The van der Waals surface area contributed by atoms with E-state index in [4.69, 9.17) is 9.47 Å². The molecular formula is C15H15NO4S2. The van der Waals surface area contributed by atoms with E-state index in [0.29, 0.717) is 17.3 Å². The van der Waals surface area contributed by atoms with Gasteiger partial charge in [-0.1, -0.05) is 17.4 Å². The summed E-state index contributed by atoms with van der Waals surface area (Å²) in [7, 11) is 3.16. The number of carbonyl (C=O) groups is 1. The lowest BCUT2D eigenvalue weighted by Gasteiger charge is -2.27. The average Bonchev–Trinajstić information content (AvgIpc) is 2.93. The Kier molecular flexibility index (Phi) is 4.26. The van der Waals surface area contributed by atoms with Crippen LogP contribution in [-0.4, -0.2) is 31.2 Å². The number of ether oxygens (including phenoxy) is 2. The van der Waals surface area contributed by atoms with Crippen molar-refractivity contribution in [2.24, 2.45) is 5.92 Å². The summed E-state index contributed by atoms with van der Waals surface area (Å²) in [5, 5.41) is 0.868. The average molecular weight is 337 g/mol. The summed E-state index contributed by atoms with van der Waals surface area (Å²) >= 11 is 2.70. The fraction of sp³-hybridized carbons (Fsp3) is 0.333. The number of benzene rings is 1. The molecule has 22 heavy (non-hydrogen) atoms. The second-order valence-corrected chi connectivity index (χ2v) is 6.96. The molecule has 116 valence electrons. The van der Waals surface area contributed by atoms with Crippen LogP contribution in [0.2, 0.25) is 0 Å². The molecule has 3 rings (SSSR count). The zero-order valence-corrected chi connectivity index (χ0v) is 13.8. The second kappa shape index (κ2) is 6.18. The first kappa shape index (κ1) is 15.2. The SMILES string of the molecule is COc1ccc([C@@H]2c3sc(=O)[nH]c3SC[C@H]2C=O)cc1OC. The Morgan fingerprint density at radius 3 is 2.73 bits per heavy atom. The van der Waals surface area contributed by atoms with Crippen LogP contribution in [0.25, 0.3) is 0 Å². The summed E-state index contributed by atoms with van der Waals surface area (Å²) in [4.78, 5) is 26.8. The first-order chi connectivity index (χ1) is 10.7. The van der Waals surface area contributed by atoms with Crippen LogP contribution in [0.5, 0.6) is 11.5 Å². The summed E-state index contributed by atoms with van der Waals surface area (Å²) < 4.78 is 10.6. The number of nitrogens with one attached hydrogen (secondary N) is 1. The van der Waals surface area contributed by atoms with Crippen molar-refractivity contribution in [3.8, 4) is 11.5 Å². The minimum absolute atomic E-state index is 0.0884.